The predicted octanol–water partition coefficient (Wildman–Crippen LogP) is 0.411. The monoisotopic (exact) mass is 212 g/mol. The molecule has 1 aliphatic carbocycles. The first-order chi connectivity index (χ1) is 7.24. The third-order valence-electron chi connectivity index (χ3n) is 3.42. The Hall–Kier alpha value is -0.610. The van der Waals surface area contributed by atoms with Gasteiger partial charge in [0.15, 0.2) is 0 Å². The Balaban J connectivity index is 1.84. The Morgan fingerprint density at radius 2 is 2.07 bits per heavy atom. The van der Waals surface area contributed by atoms with Gasteiger partial charge in [0.1, 0.15) is 0 Å². The Morgan fingerprint density at radius 1 is 1.40 bits per heavy atom. The first-order valence-corrected chi connectivity index (χ1v) is 5.83. The van der Waals surface area contributed by atoms with Crippen LogP contribution in [0, 0.1) is 5.92 Å². The Morgan fingerprint density at radius 3 is 2.60 bits per heavy atom. The smallest absolute Gasteiger partial charge is 0.220 e. The molecular formula is C11H20N2O2. The minimum absolute atomic E-state index is 0.171. The molecule has 0 radical (unpaired) electrons. The van der Waals surface area contributed by atoms with Gasteiger partial charge in [0.25, 0.3) is 0 Å². The van der Waals surface area contributed by atoms with E-state index in [2.05, 4.69) is 5.32 Å². The second-order valence-electron chi connectivity index (χ2n) is 4.79. The van der Waals surface area contributed by atoms with E-state index < -0.39 is 0 Å². The van der Waals surface area contributed by atoms with Crippen molar-refractivity contribution in [3.05, 3.63) is 0 Å². The number of carbonyl (C=O) groups excluding carboxylic acids is 1. The summed E-state index contributed by atoms with van der Waals surface area (Å²) in [6.45, 7) is 1.94. The van der Waals surface area contributed by atoms with Gasteiger partial charge in [-0.1, -0.05) is 0 Å². The number of nitrogens with one attached hydrogen (secondary N) is 1. The zero-order valence-corrected chi connectivity index (χ0v) is 9.13. The number of hydrogen-bond donors (Lipinski definition) is 2. The van der Waals surface area contributed by atoms with Crippen LogP contribution in [0.25, 0.3) is 0 Å². The fourth-order valence-corrected chi connectivity index (χ4v) is 2.07. The summed E-state index contributed by atoms with van der Waals surface area (Å²) in [6, 6.07) is 0. The number of nitrogens with two attached hydrogens (primary N) is 1. The number of hydrogen-bond acceptors (Lipinski definition) is 3. The van der Waals surface area contributed by atoms with E-state index in [1.807, 2.05) is 0 Å². The predicted molar refractivity (Wildman–Crippen MR) is 57.3 cm³/mol. The van der Waals surface area contributed by atoms with Crippen LogP contribution < -0.4 is 11.1 Å². The first-order valence-electron chi connectivity index (χ1n) is 5.83. The van der Waals surface area contributed by atoms with Crippen molar-refractivity contribution < 1.29 is 9.53 Å². The Bertz CT molecular complexity index is 233. The van der Waals surface area contributed by atoms with Crippen molar-refractivity contribution in [2.75, 3.05) is 19.8 Å². The molecule has 0 spiro atoms. The SMILES string of the molecule is NCC1(NC(=O)CC2CC2)CCOCC1. The van der Waals surface area contributed by atoms with Crippen LogP contribution in [0.15, 0.2) is 0 Å². The summed E-state index contributed by atoms with van der Waals surface area (Å²) in [5, 5.41) is 3.11. The lowest BCUT2D eigenvalue weighted by molar-refractivity contribution is -0.124. The van der Waals surface area contributed by atoms with Crippen LogP contribution >= 0.6 is 0 Å². The maximum Gasteiger partial charge on any atom is 0.220 e. The van der Waals surface area contributed by atoms with Gasteiger partial charge in [-0.05, 0) is 31.6 Å². The van der Waals surface area contributed by atoms with Crippen molar-refractivity contribution in [1.82, 2.24) is 5.32 Å². The summed E-state index contributed by atoms with van der Waals surface area (Å²) in [6.07, 6.45) is 4.81. The van der Waals surface area contributed by atoms with Crippen molar-refractivity contribution in [2.45, 2.75) is 37.6 Å². The molecule has 1 saturated carbocycles. The number of amides is 1. The fraction of sp³-hybridized carbons (Fsp3) is 0.909. The minimum Gasteiger partial charge on any atom is -0.381 e. The van der Waals surface area contributed by atoms with Gasteiger partial charge >= 0.3 is 0 Å². The highest BCUT2D eigenvalue weighted by atomic mass is 16.5. The van der Waals surface area contributed by atoms with E-state index in [1.54, 1.807) is 0 Å². The van der Waals surface area contributed by atoms with Gasteiger partial charge in [0.05, 0.1) is 5.54 Å². The van der Waals surface area contributed by atoms with Gasteiger partial charge in [-0.2, -0.15) is 0 Å². The van der Waals surface area contributed by atoms with E-state index in [0.29, 0.717) is 32.1 Å². The van der Waals surface area contributed by atoms with Gasteiger partial charge in [-0.3, -0.25) is 4.79 Å². The molecule has 0 bridgehead atoms. The second kappa shape index (κ2) is 4.49. The Labute approximate surface area is 90.5 Å². The van der Waals surface area contributed by atoms with Gasteiger partial charge in [0.2, 0.25) is 5.91 Å². The topological polar surface area (TPSA) is 64.3 Å². The molecule has 2 rings (SSSR count). The van der Waals surface area contributed by atoms with Crippen LogP contribution in [0.4, 0.5) is 0 Å². The highest BCUT2D eigenvalue weighted by Gasteiger charge is 2.34. The van der Waals surface area contributed by atoms with Gasteiger partial charge in [-0.25, -0.2) is 0 Å². The molecule has 0 atom stereocenters. The number of ether oxygens (including phenoxy) is 1. The molecule has 0 aromatic carbocycles. The maximum atomic E-state index is 11.7. The van der Waals surface area contributed by atoms with Gasteiger partial charge in [-0.15, -0.1) is 0 Å². The highest BCUT2D eigenvalue weighted by Crippen LogP contribution is 2.32. The first kappa shape index (κ1) is 10.9. The normalized spacial score (nSPS) is 24.9. The zero-order valence-electron chi connectivity index (χ0n) is 9.13. The molecule has 4 nitrogen and oxygen atoms in total. The lowest BCUT2D eigenvalue weighted by Gasteiger charge is -2.37. The molecule has 0 unspecified atom stereocenters. The summed E-state index contributed by atoms with van der Waals surface area (Å²) in [7, 11) is 0. The van der Waals surface area contributed by atoms with Crippen molar-refractivity contribution in [1.29, 1.82) is 0 Å². The quantitative estimate of drug-likeness (QED) is 0.709. The second-order valence-corrected chi connectivity index (χ2v) is 4.79. The Kier molecular flexibility index (Phi) is 3.26. The molecule has 0 aromatic rings. The van der Waals surface area contributed by atoms with E-state index in [1.165, 1.54) is 12.8 Å². The van der Waals surface area contributed by atoms with E-state index >= 15 is 0 Å². The molecule has 0 aromatic heterocycles. The van der Waals surface area contributed by atoms with Crippen LogP contribution in [0.2, 0.25) is 0 Å². The summed E-state index contributed by atoms with van der Waals surface area (Å²) in [4.78, 5) is 11.7. The van der Waals surface area contributed by atoms with Crippen LogP contribution in [0.1, 0.15) is 32.1 Å². The minimum atomic E-state index is -0.190. The largest absolute Gasteiger partial charge is 0.381 e. The van der Waals surface area contributed by atoms with Crippen LogP contribution in [-0.4, -0.2) is 31.2 Å². The average Bonchev–Trinajstić information content (AvgIpc) is 3.03. The molecule has 1 aliphatic heterocycles. The van der Waals surface area contributed by atoms with E-state index in [-0.39, 0.29) is 11.4 Å². The van der Waals surface area contributed by atoms with Crippen molar-refractivity contribution in [3.63, 3.8) is 0 Å². The summed E-state index contributed by atoms with van der Waals surface area (Å²) in [5.41, 5.74) is 5.57. The zero-order chi connectivity index (χ0) is 10.7. The fourth-order valence-electron chi connectivity index (χ4n) is 2.07. The third kappa shape index (κ3) is 2.92. The highest BCUT2D eigenvalue weighted by molar-refractivity contribution is 5.77. The van der Waals surface area contributed by atoms with Crippen LogP contribution in [-0.2, 0) is 9.53 Å². The molecule has 86 valence electrons. The molecule has 1 amide bonds. The van der Waals surface area contributed by atoms with E-state index in [0.717, 1.165) is 12.8 Å². The number of carbonyl (C=O) groups is 1. The lowest BCUT2D eigenvalue weighted by atomic mass is 9.90. The van der Waals surface area contributed by atoms with Crippen LogP contribution in [0.5, 0.6) is 0 Å². The van der Waals surface area contributed by atoms with Gasteiger partial charge in [0, 0.05) is 26.2 Å². The standard InChI is InChI=1S/C11H20N2O2/c12-8-11(3-5-15-6-4-11)13-10(14)7-9-1-2-9/h9H,1-8,12H2,(H,13,14). The molecular weight excluding hydrogens is 192 g/mol. The summed E-state index contributed by atoms with van der Waals surface area (Å²) in [5.74, 6) is 0.810. The van der Waals surface area contributed by atoms with Crippen LogP contribution in [0.3, 0.4) is 0 Å². The molecule has 2 aliphatic rings. The van der Waals surface area contributed by atoms with E-state index in [4.69, 9.17) is 10.5 Å². The molecule has 15 heavy (non-hydrogen) atoms. The van der Waals surface area contributed by atoms with Gasteiger partial charge < -0.3 is 15.8 Å². The maximum absolute atomic E-state index is 11.7. The van der Waals surface area contributed by atoms with Crippen molar-refractivity contribution in [2.24, 2.45) is 11.7 Å². The lowest BCUT2D eigenvalue weighted by Crippen LogP contribution is -2.56. The average molecular weight is 212 g/mol. The summed E-state index contributed by atoms with van der Waals surface area (Å²) >= 11 is 0. The summed E-state index contributed by atoms with van der Waals surface area (Å²) < 4.78 is 5.29. The third-order valence-corrected chi connectivity index (χ3v) is 3.42. The van der Waals surface area contributed by atoms with Crippen molar-refractivity contribution in [3.8, 4) is 0 Å². The molecule has 4 heteroatoms. The van der Waals surface area contributed by atoms with E-state index in [9.17, 15) is 4.79 Å². The number of rotatable bonds is 4. The molecule has 3 N–H and O–H groups in total. The molecule has 1 saturated heterocycles. The molecule has 1 heterocycles. The van der Waals surface area contributed by atoms with Crippen molar-refractivity contribution >= 4 is 5.91 Å². The molecule has 2 fully saturated rings.